The number of aromatic amines is 1. The molecule has 1 amide bonds. The molecule has 3 N–H and O–H groups in total. The number of ether oxygens (including phenoxy) is 3. The molecule has 12 nitrogen and oxygen atoms in total. The molecular weight excluding hydrogens is 508 g/mol. The highest BCUT2D eigenvalue weighted by Gasteiger charge is 2.18. The van der Waals surface area contributed by atoms with Gasteiger partial charge in [-0.15, -0.1) is 0 Å². The van der Waals surface area contributed by atoms with Gasteiger partial charge in [-0.3, -0.25) is 9.89 Å². The zero-order chi connectivity index (χ0) is 27.2. The van der Waals surface area contributed by atoms with Gasteiger partial charge in [-0.25, -0.2) is 14.6 Å². The fraction of sp³-hybridized carbons (Fsp3) is 0.400. The van der Waals surface area contributed by atoms with Gasteiger partial charge in [0.1, 0.15) is 11.5 Å². The number of nitrogens with zero attached hydrogens (tertiary/aromatic N) is 5. The zero-order valence-electron chi connectivity index (χ0n) is 22.3. The summed E-state index contributed by atoms with van der Waals surface area (Å²) >= 11 is 1.57. The Balaban J connectivity index is 1.47. The van der Waals surface area contributed by atoms with Crippen LogP contribution in [0.3, 0.4) is 0 Å². The zero-order valence-corrected chi connectivity index (χ0v) is 23.1. The number of carbonyl (C=O) groups is 1. The monoisotopic (exact) mass is 540 g/mol. The van der Waals surface area contributed by atoms with Crippen LogP contribution in [0.15, 0.2) is 29.6 Å². The van der Waals surface area contributed by atoms with Crippen molar-refractivity contribution in [2.24, 2.45) is 0 Å². The van der Waals surface area contributed by atoms with E-state index in [1.54, 1.807) is 62.2 Å². The summed E-state index contributed by atoms with van der Waals surface area (Å²) in [5.41, 5.74) is 2.32. The third-order valence-corrected chi connectivity index (χ3v) is 6.30. The first kappa shape index (κ1) is 27.0. The van der Waals surface area contributed by atoms with Crippen molar-refractivity contribution < 1.29 is 19.0 Å². The number of anilines is 1. The number of hydrogen-bond acceptors (Lipinski definition) is 10. The second kappa shape index (κ2) is 12.0. The normalized spacial score (nSPS) is 11.1. The standard InChI is InChI=1S/C25H32N8O4S/c1-7-38-25-29-22(28-14(2)3)16-13-27-33(23(16)30-25)9-8-26-24(34)18-12-17(31-32-18)15-10-19(35-4)21(37-6)20(11-15)36-5/h10-14H,7-9H2,1-6H3,(H,26,34)(H,31,32)(H,28,29,30). The maximum atomic E-state index is 12.8. The molecule has 0 atom stereocenters. The molecule has 0 unspecified atom stereocenters. The number of thioether (sulfide) groups is 1. The number of methoxy groups -OCH3 is 3. The van der Waals surface area contributed by atoms with E-state index in [0.29, 0.717) is 52.4 Å². The van der Waals surface area contributed by atoms with Gasteiger partial charge in [-0.2, -0.15) is 10.2 Å². The molecule has 4 rings (SSSR count). The third-order valence-electron chi connectivity index (χ3n) is 5.57. The molecule has 0 radical (unpaired) electrons. The Bertz CT molecular complexity index is 1390. The Morgan fingerprint density at radius 3 is 2.47 bits per heavy atom. The van der Waals surface area contributed by atoms with E-state index < -0.39 is 0 Å². The molecule has 0 spiro atoms. The topological polar surface area (TPSA) is 141 Å². The Labute approximate surface area is 224 Å². The fourth-order valence-corrected chi connectivity index (χ4v) is 4.43. The number of rotatable bonds is 12. The van der Waals surface area contributed by atoms with Crippen LogP contribution in [0.1, 0.15) is 31.3 Å². The summed E-state index contributed by atoms with van der Waals surface area (Å²) in [5.74, 6) is 2.81. The van der Waals surface area contributed by atoms with Gasteiger partial charge in [0, 0.05) is 18.2 Å². The molecule has 3 aromatic heterocycles. The number of hydrogen-bond donors (Lipinski definition) is 3. The molecule has 4 aromatic rings. The molecule has 0 saturated carbocycles. The summed E-state index contributed by atoms with van der Waals surface area (Å²) in [5, 5.41) is 19.4. The van der Waals surface area contributed by atoms with Crippen LogP contribution in [0.4, 0.5) is 5.82 Å². The Morgan fingerprint density at radius 1 is 1.11 bits per heavy atom. The van der Waals surface area contributed by atoms with Crippen molar-refractivity contribution in [1.29, 1.82) is 0 Å². The first-order valence-corrected chi connectivity index (χ1v) is 13.1. The summed E-state index contributed by atoms with van der Waals surface area (Å²) in [6.45, 7) is 6.97. The third kappa shape index (κ3) is 5.77. The maximum absolute atomic E-state index is 12.8. The van der Waals surface area contributed by atoms with E-state index in [2.05, 4.69) is 56.7 Å². The highest BCUT2D eigenvalue weighted by Crippen LogP contribution is 2.40. The van der Waals surface area contributed by atoms with Crippen molar-refractivity contribution in [2.75, 3.05) is 38.9 Å². The minimum absolute atomic E-state index is 0.217. The molecule has 1 aromatic carbocycles. The molecule has 0 aliphatic heterocycles. The summed E-state index contributed by atoms with van der Waals surface area (Å²) in [4.78, 5) is 22.1. The number of H-pyrrole nitrogens is 1. The molecule has 0 aliphatic rings. The quantitative estimate of drug-likeness (QED) is 0.180. The molecule has 38 heavy (non-hydrogen) atoms. The van der Waals surface area contributed by atoms with Gasteiger partial charge in [-0.1, -0.05) is 18.7 Å². The lowest BCUT2D eigenvalue weighted by Crippen LogP contribution is -2.27. The van der Waals surface area contributed by atoms with Crippen LogP contribution in [-0.2, 0) is 6.54 Å². The van der Waals surface area contributed by atoms with Crippen LogP contribution >= 0.6 is 11.8 Å². The van der Waals surface area contributed by atoms with E-state index in [-0.39, 0.29) is 11.9 Å². The van der Waals surface area contributed by atoms with Crippen molar-refractivity contribution in [3.05, 3.63) is 30.1 Å². The van der Waals surface area contributed by atoms with E-state index in [0.717, 1.165) is 22.6 Å². The fourth-order valence-electron chi connectivity index (χ4n) is 3.86. The highest BCUT2D eigenvalue weighted by molar-refractivity contribution is 7.99. The SMILES string of the molecule is CCSc1nc(NC(C)C)c2cnn(CCNC(=O)c3cc(-c4cc(OC)c(OC)c(OC)c4)n[nH]3)c2n1. The Morgan fingerprint density at radius 2 is 1.84 bits per heavy atom. The first-order valence-electron chi connectivity index (χ1n) is 12.1. The van der Waals surface area contributed by atoms with Crippen molar-refractivity contribution >= 4 is 34.5 Å². The van der Waals surface area contributed by atoms with Crippen LogP contribution < -0.4 is 24.8 Å². The Hall–Kier alpha value is -4.00. The van der Waals surface area contributed by atoms with Crippen LogP contribution in [-0.4, -0.2) is 75.5 Å². The van der Waals surface area contributed by atoms with Gasteiger partial charge in [0.2, 0.25) is 5.75 Å². The highest BCUT2D eigenvalue weighted by atomic mass is 32.2. The lowest BCUT2D eigenvalue weighted by molar-refractivity contribution is 0.0947. The number of benzene rings is 1. The van der Waals surface area contributed by atoms with Gasteiger partial charge in [-0.05, 0) is 37.8 Å². The Kier molecular flexibility index (Phi) is 8.56. The van der Waals surface area contributed by atoms with Crippen LogP contribution in [0.25, 0.3) is 22.3 Å². The van der Waals surface area contributed by atoms with Crippen LogP contribution in [0, 0.1) is 0 Å². The maximum Gasteiger partial charge on any atom is 0.269 e. The number of aromatic nitrogens is 6. The lowest BCUT2D eigenvalue weighted by Gasteiger charge is -2.13. The number of amides is 1. The van der Waals surface area contributed by atoms with Crippen molar-refractivity contribution in [3.63, 3.8) is 0 Å². The van der Waals surface area contributed by atoms with Crippen molar-refractivity contribution in [2.45, 2.75) is 38.5 Å². The van der Waals surface area contributed by atoms with Crippen LogP contribution in [0.5, 0.6) is 17.2 Å². The van der Waals surface area contributed by atoms with Gasteiger partial charge in [0.05, 0.1) is 45.2 Å². The minimum atomic E-state index is -0.285. The lowest BCUT2D eigenvalue weighted by atomic mass is 10.1. The molecule has 3 heterocycles. The predicted octanol–water partition coefficient (Wildman–Crippen LogP) is 3.60. The molecule has 0 fully saturated rings. The number of fused-ring (bicyclic) bond motifs is 1. The van der Waals surface area contributed by atoms with Gasteiger partial charge in [0.25, 0.3) is 5.91 Å². The second-order valence-corrected chi connectivity index (χ2v) is 9.76. The van der Waals surface area contributed by atoms with Gasteiger partial charge in [0.15, 0.2) is 22.3 Å². The molecular formula is C25H32N8O4S. The summed E-state index contributed by atoms with van der Waals surface area (Å²) < 4.78 is 18.0. The van der Waals surface area contributed by atoms with Crippen LogP contribution in [0.2, 0.25) is 0 Å². The molecule has 0 aliphatic carbocycles. The molecule has 13 heteroatoms. The smallest absolute Gasteiger partial charge is 0.269 e. The first-order chi connectivity index (χ1) is 18.4. The van der Waals surface area contributed by atoms with E-state index in [4.69, 9.17) is 14.2 Å². The second-order valence-electron chi connectivity index (χ2n) is 8.53. The van der Waals surface area contributed by atoms with E-state index in [1.807, 2.05) is 0 Å². The van der Waals surface area contributed by atoms with Crippen molar-refractivity contribution in [3.8, 4) is 28.5 Å². The van der Waals surface area contributed by atoms with E-state index in [1.165, 1.54) is 0 Å². The molecule has 0 bridgehead atoms. The van der Waals surface area contributed by atoms with Gasteiger partial charge >= 0.3 is 0 Å². The number of nitrogens with one attached hydrogen (secondary N) is 3. The van der Waals surface area contributed by atoms with Crippen molar-refractivity contribution in [1.82, 2.24) is 35.3 Å². The predicted molar refractivity (Wildman–Crippen MR) is 146 cm³/mol. The van der Waals surface area contributed by atoms with Gasteiger partial charge < -0.3 is 24.8 Å². The average Bonchev–Trinajstić information content (AvgIpc) is 3.56. The van der Waals surface area contributed by atoms with E-state index >= 15 is 0 Å². The minimum Gasteiger partial charge on any atom is -0.493 e. The summed E-state index contributed by atoms with van der Waals surface area (Å²) in [6.07, 6.45) is 1.75. The largest absolute Gasteiger partial charge is 0.493 e. The van der Waals surface area contributed by atoms with E-state index in [9.17, 15) is 4.79 Å². The molecule has 202 valence electrons. The molecule has 0 saturated heterocycles. The summed E-state index contributed by atoms with van der Waals surface area (Å²) in [7, 11) is 4.63. The number of carbonyl (C=O) groups excluding carboxylic acids is 1. The summed E-state index contributed by atoms with van der Waals surface area (Å²) in [6, 6.07) is 5.44. The average molecular weight is 541 g/mol.